The van der Waals surface area contributed by atoms with E-state index in [-0.39, 0.29) is 29.5 Å². The molecule has 0 atom stereocenters. The molecule has 2 N–H and O–H groups in total. The van der Waals surface area contributed by atoms with Gasteiger partial charge in [-0.2, -0.15) is 0 Å². The summed E-state index contributed by atoms with van der Waals surface area (Å²) in [5.41, 5.74) is 4.17. The van der Waals surface area contributed by atoms with Crippen LogP contribution in [-0.2, 0) is 6.61 Å². The molecule has 2 aromatic carbocycles. The lowest BCUT2D eigenvalue weighted by atomic mass is 9.90. The Hall–Kier alpha value is -2.89. The highest BCUT2D eigenvalue weighted by molar-refractivity contribution is 6.11. The third-order valence-corrected chi connectivity index (χ3v) is 5.22. The highest BCUT2D eigenvalue weighted by atomic mass is 16.5. The smallest absolute Gasteiger partial charge is 0.193 e. The lowest BCUT2D eigenvalue weighted by molar-refractivity contribution is 0.104. The summed E-state index contributed by atoms with van der Waals surface area (Å²) in [6.45, 7) is 3.35. The Bertz CT molecular complexity index is 958. The van der Waals surface area contributed by atoms with Crippen LogP contribution in [0.4, 0.5) is 0 Å². The second kappa shape index (κ2) is 9.07. The molecule has 1 heterocycles. The van der Waals surface area contributed by atoms with Gasteiger partial charge in [0.25, 0.3) is 0 Å². The molecule has 0 aliphatic carbocycles. The summed E-state index contributed by atoms with van der Waals surface area (Å²) in [4.78, 5) is 15.1. The lowest BCUT2D eigenvalue weighted by Crippen LogP contribution is -2.24. The monoisotopic (exact) mass is 393 g/mol. The Morgan fingerprint density at radius 2 is 2.00 bits per heavy atom. The summed E-state index contributed by atoms with van der Waals surface area (Å²) in [5, 5.41) is 20.9. The van der Waals surface area contributed by atoms with E-state index in [1.807, 2.05) is 44.3 Å². The van der Waals surface area contributed by atoms with Gasteiger partial charge in [0, 0.05) is 18.7 Å². The number of benzene rings is 2. The van der Waals surface area contributed by atoms with E-state index in [9.17, 15) is 15.0 Å². The molecular weight excluding hydrogens is 366 g/mol. The predicted molar refractivity (Wildman–Crippen MR) is 115 cm³/mol. The number of allylic oxidation sites excluding steroid dienone is 1. The first-order valence-corrected chi connectivity index (χ1v) is 9.65. The molecule has 0 radical (unpaired) electrons. The van der Waals surface area contributed by atoms with E-state index in [4.69, 9.17) is 4.74 Å². The zero-order valence-corrected chi connectivity index (χ0v) is 17.1. The van der Waals surface area contributed by atoms with Crippen molar-refractivity contribution in [2.24, 2.45) is 0 Å². The van der Waals surface area contributed by atoms with Crippen molar-refractivity contribution in [2.75, 3.05) is 27.2 Å². The topological polar surface area (TPSA) is 70.0 Å². The Balaban J connectivity index is 2.04. The molecule has 0 bridgehead atoms. The van der Waals surface area contributed by atoms with Crippen LogP contribution in [0.25, 0.3) is 11.6 Å². The highest BCUT2D eigenvalue weighted by Crippen LogP contribution is 2.40. The van der Waals surface area contributed by atoms with Crippen LogP contribution in [-0.4, -0.2) is 48.1 Å². The molecule has 2 aromatic rings. The van der Waals surface area contributed by atoms with Crippen LogP contribution < -0.4 is 4.74 Å². The van der Waals surface area contributed by atoms with Gasteiger partial charge in [0.05, 0.1) is 13.7 Å². The standard InChI is InChI=1S/C24H27NO4/c1-16-4-6-17(7-5-16)8-9-20(27)23-21(29-3)14-19(15-26)22(24(23)28)18-10-12-25(2)13-11-18/h4-10,14,26,28H,11-13,15H2,1-3H3. The van der Waals surface area contributed by atoms with Crippen LogP contribution in [0.5, 0.6) is 11.5 Å². The van der Waals surface area contributed by atoms with E-state index in [1.54, 1.807) is 12.1 Å². The Morgan fingerprint density at radius 3 is 2.59 bits per heavy atom. The van der Waals surface area contributed by atoms with Gasteiger partial charge in [-0.1, -0.05) is 42.0 Å². The minimum absolute atomic E-state index is 0.114. The number of ketones is 1. The minimum Gasteiger partial charge on any atom is -0.506 e. The third-order valence-electron chi connectivity index (χ3n) is 5.22. The molecule has 1 aliphatic rings. The van der Waals surface area contributed by atoms with Crippen LogP contribution in [0.3, 0.4) is 0 Å². The number of aliphatic hydroxyl groups is 1. The van der Waals surface area contributed by atoms with Crippen LogP contribution in [0.2, 0.25) is 0 Å². The van der Waals surface area contributed by atoms with Gasteiger partial charge in [-0.05, 0) is 49.2 Å². The molecule has 152 valence electrons. The number of carbonyl (C=O) groups excluding carboxylic acids is 1. The number of aromatic hydroxyl groups is 1. The maximum absolute atomic E-state index is 13.0. The van der Waals surface area contributed by atoms with Crippen molar-refractivity contribution in [1.82, 2.24) is 4.90 Å². The molecule has 3 rings (SSSR count). The number of nitrogens with zero attached hydrogens (tertiary/aromatic N) is 1. The molecule has 0 saturated heterocycles. The third kappa shape index (κ3) is 4.58. The largest absolute Gasteiger partial charge is 0.506 e. The maximum Gasteiger partial charge on any atom is 0.193 e. The van der Waals surface area contributed by atoms with Crippen LogP contribution in [0.15, 0.2) is 42.5 Å². The zero-order chi connectivity index (χ0) is 21.0. The molecular formula is C24H27NO4. The van der Waals surface area contributed by atoms with Gasteiger partial charge in [-0.15, -0.1) is 0 Å². The molecule has 0 fully saturated rings. The molecule has 0 amide bonds. The number of aryl methyl sites for hydroxylation is 1. The molecule has 0 unspecified atom stereocenters. The Kier molecular flexibility index (Phi) is 6.52. The molecule has 1 aliphatic heterocycles. The number of hydrogen-bond donors (Lipinski definition) is 2. The number of likely N-dealkylation sites (N-methyl/N-ethyl adjacent to an activating group) is 1. The van der Waals surface area contributed by atoms with E-state index in [1.165, 1.54) is 13.2 Å². The number of aliphatic hydroxyl groups excluding tert-OH is 1. The number of hydrogen-bond acceptors (Lipinski definition) is 5. The maximum atomic E-state index is 13.0. The first-order valence-electron chi connectivity index (χ1n) is 9.65. The van der Waals surface area contributed by atoms with Crippen molar-refractivity contribution >= 4 is 17.4 Å². The zero-order valence-electron chi connectivity index (χ0n) is 17.1. The molecule has 5 nitrogen and oxygen atoms in total. The second-order valence-corrected chi connectivity index (χ2v) is 7.34. The van der Waals surface area contributed by atoms with Crippen molar-refractivity contribution in [3.05, 3.63) is 70.3 Å². The number of phenolic OH excluding ortho intramolecular Hbond substituents is 1. The van der Waals surface area contributed by atoms with Crippen molar-refractivity contribution in [2.45, 2.75) is 20.0 Å². The Labute approximate surface area is 171 Å². The molecule has 0 spiro atoms. The number of phenols is 1. The van der Waals surface area contributed by atoms with Gasteiger partial charge in [0.2, 0.25) is 0 Å². The fraction of sp³-hybridized carbons (Fsp3) is 0.292. The van der Waals surface area contributed by atoms with Gasteiger partial charge in [0.1, 0.15) is 17.1 Å². The predicted octanol–water partition coefficient (Wildman–Crippen LogP) is 3.82. The van der Waals surface area contributed by atoms with Gasteiger partial charge in [0.15, 0.2) is 5.78 Å². The van der Waals surface area contributed by atoms with E-state index in [0.29, 0.717) is 11.1 Å². The number of methoxy groups -OCH3 is 1. The van der Waals surface area contributed by atoms with Gasteiger partial charge < -0.3 is 19.8 Å². The molecule has 0 saturated carbocycles. The summed E-state index contributed by atoms with van der Waals surface area (Å²) in [7, 11) is 3.48. The normalized spacial score (nSPS) is 14.8. The fourth-order valence-electron chi connectivity index (χ4n) is 3.51. The van der Waals surface area contributed by atoms with E-state index < -0.39 is 0 Å². The lowest BCUT2D eigenvalue weighted by Gasteiger charge is -2.25. The van der Waals surface area contributed by atoms with Crippen LogP contribution in [0.1, 0.15) is 39.0 Å². The summed E-state index contributed by atoms with van der Waals surface area (Å²) in [5.74, 6) is -0.232. The van der Waals surface area contributed by atoms with Crippen LogP contribution in [0, 0.1) is 6.92 Å². The summed E-state index contributed by atoms with van der Waals surface area (Å²) in [6, 6.07) is 9.45. The van der Waals surface area contributed by atoms with Gasteiger partial charge in [-0.25, -0.2) is 0 Å². The first kappa shape index (κ1) is 20.8. The SMILES string of the molecule is COc1cc(CO)c(C2=CCN(C)CC2)c(O)c1C(=O)C=Cc1ccc(C)cc1. The summed E-state index contributed by atoms with van der Waals surface area (Å²) in [6.07, 6.45) is 5.92. The second-order valence-electron chi connectivity index (χ2n) is 7.34. The molecule has 0 aromatic heterocycles. The number of ether oxygens (including phenoxy) is 1. The number of carbonyl (C=O) groups is 1. The van der Waals surface area contributed by atoms with E-state index >= 15 is 0 Å². The summed E-state index contributed by atoms with van der Waals surface area (Å²) >= 11 is 0. The molecule has 29 heavy (non-hydrogen) atoms. The van der Waals surface area contributed by atoms with E-state index in [2.05, 4.69) is 4.90 Å². The Morgan fingerprint density at radius 1 is 1.28 bits per heavy atom. The average Bonchev–Trinajstić information content (AvgIpc) is 2.73. The van der Waals surface area contributed by atoms with Gasteiger partial charge in [-0.3, -0.25) is 4.79 Å². The van der Waals surface area contributed by atoms with E-state index in [0.717, 1.165) is 36.2 Å². The first-order chi connectivity index (χ1) is 13.9. The molecule has 5 heteroatoms. The van der Waals surface area contributed by atoms with Crippen molar-refractivity contribution < 1.29 is 19.7 Å². The minimum atomic E-state index is -0.348. The van der Waals surface area contributed by atoms with Crippen LogP contribution >= 0.6 is 0 Å². The van der Waals surface area contributed by atoms with Crippen molar-refractivity contribution in [1.29, 1.82) is 0 Å². The number of rotatable bonds is 6. The van der Waals surface area contributed by atoms with Crippen molar-refractivity contribution in [3.8, 4) is 11.5 Å². The summed E-state index contributed by atoms with van der Waals surface area (Å²) < 4.78 is 5.36. The fourth-order valence-corrected chi connectivity index (χ4v) is 3.51. The van der Waals surface area contributed by atoms with Crippen molar-refractivity contribution in [3.63, 3.8) is 0 Å². The average molecular weight is 393 g/mol. The quantitative estimate of drug-likeness (QED) is 0.577. The van der Waals surface area contributed by atoms with Gasteiger partial charge >= 0.3 is 0 Å². The highest BCUT2D eigenvalue weighted by Gasteiger charge is 2.25.